The van der Waals surface area contributed by atoms with Crippen molar-refractivity contribution in [2.24, 2.45) is 0 Å². The van der Waals surface area contributed by atoms with Crippen molar-refractivity contribution in [3.63, 3.8) is 0 Å². The number of nitrogen functional groups attached to an aromatic ring is 1. The Morgan fingerprint density at radius 3 is 2.44 bits per heavy atom. The Kier molecular flexibility index (Phi) is 5.73. The molecule has 0 atom stereocenters. The van der Waals surface area contributed by atoms with Gasteiger partial charge in [0.15, 0.2) is 0 Å². The van der Waals surface area contributed by atoms with Gasteiger partial charge in [-0.25, -0.2) is 13.2 Å². The first kappa shape index (κ1) is 22.0. The summed E-state index contributed by atoms with van der Waals surface area (Å²) in [6, 6.07) is 14.9. The van der Waals surface area contributed by atoms with Crippen LogP contribution in [0.4, 0.5) is 18.9 Å². The first-order valence-corrected chi connectivity index (χ1v) is 10.8. The van der Waals surface area contributed by atoms with Gasteiger partial charge in [0.2, 0.25) is 0 Å². The van der Waals surface area contributed by atoms with Crippen LogP contribution in [-0.2, 0) is 12.3 Å². The van der Waals surface area contributed by atoms with E-state index in [1.54, 1.807) is 19.3 Å². The predicted octanol–water partition coefficient (Wildman–Crippen LogP) is 7.64. The molecule has 3 aromatic carbocycles. The number of anilines is 1. The lowest BCUT2D eigenvalue weighted by atomic mass is 9.94. The topological polar surface area (TPSA) is 35.2 Å². The number of hydrogen-bond donors (Lipinski definition) is 1. The molecule has 0 fully saturated rings. The molecule has 2 N–H and O–H groups in total. The Hall–Kier alpha value is -3.25. The zero-order valence-corrected chi connectivity index (χ0v) is 18.5. The van der Waals surface area contributed by atoms with Crippen LogP contribution in [0.2, 0.25) is 0 Å². The summed E-state index contributed by atoms with van der Waals surface area (Å²) in [5, 5.41) is 0.916. The van der Waals surface area contributed by atoms with Crippen LogP contribution in [0.3, 0.4) is 0 Å². The maximum absolute atomic E-state index is 14.5. The molecule has 0 saturated heterocycles. The normalized spacial score (nSPS) is 11.7. The maximum atomic E-state index is 14.5. The summed E-state index contributed by atoms with van der Waals surface area (Å²) in [7, 11) is 1.60. The summed E-state index contributed by atoms with van der Waals surface area (Å²) in [6.07, 6.45) is 2.18. The molecule has 164 valence electrons. The van der Waals surface area contributed by atoms with E-state index in [-0.39, 0.29) is 5.56 Å². The molecule has 0 aliphatic carbocycles. The van der Waals surface area contributed by atoms with Crippen molar-refractivity contribution in [1.29, 1.82) is 0 Å². The largest absolute Gasteiger partial charge is 0.497 e. The summed E-state index contributed by atoms with van der Waals surface area (Å²) in [4.78, 5) is 0.668. The molecule has 0 radical (unpaired) electrons. The smallest absolute Gasteiger partial charge is 0.271 e. The van der Waals surface area contributed by atoms with Crippen molar-refractivity contribution in [3.8, 4) is 16.2 Å². The number of alkyl halides is 2. The van der Waals surface area contributed by atoms with Gasteiger partial charge in [-0.1, -0.05) is 36.9 Å². The van der Waals surface area contributed by atoms with Crippen molar-refractivity contribution < 1.29 is 17.9 Å². The fraction of sp³-hybridized carbons (Fsp3) is 0.154. The number of thiophene rings is 1. The average Bonchev–Trinajstić information content (AvgIpc) is 3.11. The maximum Gasteiger partial charge on any atom is 0.271 e. The van der Waals surface area contributed by atoms with Crippen LogP contribution in [0, 0.1) is 5.82 Å². The quantitative estimate of drug-likeness (QED) is 0.304. The summed E-state index contributed by atoms with van der Waals surface area (Å²) in [6.45, 7) is 4.65. The van der Waals surface area contributed by atoms with E-state index in [0.717, 1.165) is 45.5 Å². The van der Waals surface area contributed by atoms with Gasteiger partial charge in [-0.2, -0.15) is 0 Å². The third-order valence-electron chi connectivity index (χ3n) is 5.48. The molecule has 0 saturated carbocycles. The van der Waals surface area contributed by atoms with Crippen molar-refractivity contribution in [1.82, 2.24) is 0 Å². The van der Waals surface area contributed by atoms with Crippen molar-refractivity contribution in [2.75, 3.05) is 12.8 Å². The monoisotopic (exact) mass is 453 g/mol. The molecule has 0 unspecified atom stereocenters. The second-order valence-corrected chi connectivity index (χ2v) is 8.68. The Balaban J connectivity index is 2.00. The van der Waals surface area contributed by atoms with E-state index in [1.807, 2.05) is 30.3 Å². The van der Waals surface area contributed by atoms with E-state index < -0.39 is 11.7 Å². The lowest BCUT2D eigenvalue weighted by Crippen LogP contribution is -2.09. The van der Waals surface area contributed by atoms with Crippen LogP contribution >= 0.6 is 11.3 Å². The van der Waals surface area contributed by atoms with Gasteiger partial charge in [-0.05, 0) is 53.3 Å². The van der Waals surface area contributed by atoms with E-state index in [4.69, 9.17) is 10.5 Å². The van der Waals surface area contributed by atoms with Gasteiger partial charge in [0.05, 0.1) is 7.11 Å². The lowest BCUT2D eigenvalue weighted by molar-refractivity contribution is 0.0178. The van der Waals surface area contributed by atoms with E-state index in [1.165, 1.54) is 23.5 Å². The number of benzene rings is 3. The molecule has 0 aliphatic heterocycles. The average molecular weight is 454 g/mol. The van der Waals surface area contributed by atoms with Crippen LogP contribution in [0.25, 0.3) is 26.6 Å². The highest BCUT2D eigenvalue weighted by molar-refractivity contribution is 7.22. The second-order valence-electron chi connectivity index (χ2n) is 7.66. The fourth-order valence-electron chi connectivity index (χ4n) is 3.88. The number of halogens is 3. The molecule has 1 heterocycles. The Labute approximate surface area is 188 Å². The van der Waals surface area contributed by atoms with Gasteiger partial charge in [-0.3, -0.25) is 0 Å². The first-order chi connectivity index (χ1) is 15.2. The highest BCUT2D eigenvalue weighted by Crippen LogP contribution is 2.46. The van der Waals surface area contributed by atoms with Crippen molar-refractivity contribution in [3.05, 3.63) is 89.2 Å². The first-order valence-electron chi connectivity index (χ1n) is 10.0. The number of ether oxygens (including phenoxy) is 1. The fourth-order valence-corrected chi connectivity index (χ4v) is 5.29. The molecule has 0 aliphatic rings. The molecule has 2 nitrogen and oxygen atoms in total. The van der Waals surface area contributed by atoms with Gasteiger partial charge in [-0.15, -0.1) is 11.3 Å². The van der Waals surface area contributed by atoms with E-state index in [0.29, 0.717) is 22.5 Å². The minimum Gasteiger partial charge on any atom is -0.497 e. The van der Waals surface area contributed by atoms with Crippen LogP contribution in [0.15, 0.2) is 61.2 Å². The van der Waals surface area contributed by atoms with Gasteiger partial charge in [0, 0.05) is 38.9 Å². The summed E-state index contributed by atoms with van der Waals surface area (Å²) in [5.41, 5.74) is 9.34. The predicted molar refractivity (Wildman–Crippen MR) is 127 cm³/mol. The van der Waals surface area contributed by atoms with Crippen LogP contribution in [0.5, 0.6) is 5.75 Å². The summed E-state index contributed by atoms with van der Waals surface area (Å²) < 4.78 is 49.0. The molecule has 0 bridgehead atoms. The second kappa shape index (κ2) is 8.36. The lowest BCUT2D eigenvalue weighted by Gasteiger charge is -2.16. The molecule has 0 spiro atoms. The standard InChI is InChI=1S/C26H22F3NOS/c1-4-18-23(30)12-11-19-21(13-15-5-8-17(31-3)9-6-15)25(32-24(18)19)20-10-7-16(27)14-22(20)26(2,28)29/h4-12,14H,1,13,30H2,2-3H3. The van der Waals surface area contributed by atoms with E-state index >= 15 is 0 Å². The highest BCUT2D eigenvalue weighted by atomic mass is 32.1. The third-order valence-corrected chi connectivity index (χ3v) is 6.79. The summed E-state index contributed by atoms with van der Waals surface area (Å²) >= 11 is 1.37. The molecule has 0 amide bonds. The van der Waals surface area contributed by atoms with Crippen LogP contribution in [0.1, 0.15) is 29.2 Å². The van der Waals surface area contributed by atoms with Crippen molar-refractivity contribution >= 4 is 33.2 Å². The minimum absolute atomic E-state index is 0.317. The van der Waals surface area contributed by atoms with Gasteiger partial charge < -0.3 is 10.5 Å². The van der Waals surface area contributed by atoms with Crippen molar-refractivity contribution in [2.45, 2.75) is 19.3 Å². The molecule has 32 heavy (non-hydrogen) atoms. The highest BCUT2D eigenvalue weighted by Gasteiger charge is 2.30. The number of fused-ring (bicyclic) bond motifs is 1. The summed E-state index contributed by atoms with van der Waals surface area (Å²) in [5.74, 6) is -3.16. The number of hydrogen-bond acceptors (Lipinski definition) is 3. The number of rotatable bonds is 6. The van der Waals surface area contributed by atoms with Gasteiger partial charge in [0.1, 0.15) is 11.6 Å². The number of methoxy groups -OCH3 is 1. The molecule has 1 aromatic heterocycles. The van der Waals surface area contributed by atoms with E-state index in [2.05, 4.69) is 6.58 Å². The molecule has 4 aromatic rings. The molecular formula is C26H22F3NOS. The van der Waals surface area contributed by atoms with Crippen LogP contribution < -0.4 is 10.5 Å². The van der Waals surface area contributed by atoms with E-state index in [9.17, 15) is 13.2 Å². The SMILES string of the molecule is C=Cc1c(N)ccc2c(Cc3ccc(OC)cc3)c(-c3ccc(F)cc3C(C)(F)F)sc12. The Bertz CT molecular complexity index is 1300. The third kappa shape index (κ3) is 3.98. The zero-order valence-electron chi connectivity index (χ0n) is 17.7. The Morgan fingerprint density at radius 2 is 1.81 bits per heavy atom. The number of nitrogens with two attached hydrogens (primary N) is 1. The molecule has 4 rings (SSSR count). The Morgan fingerprint density at radius 1 is 1.09 bits per heavy atom. The van der Waals surface area contributed by atoms with Gasteiger partial charge >= 0.3 is 0 Å². The zero-order chi connectivity index (χ0) is 23.0. The van der Waals surface area contributed by atoms with Crippen LogP contribution in [-0.4, -0.2) is 7.11 Å². The molecular weight excluding hydrogens is 431 g/mol. The molecule has 6 heteroatoms. The van der Waals surface area contributed by atoms with Gasteiger partial charge in [0.25, 0.3) is 5.92 Å². The minimum atomic E-state index is -3.20.